The van der Waals surface area contributed by atoms with Gasteiger partial charge in [-0.25, -0.2) is 9.98 Å². The molecule has 24 heavy (non-hydrogen) atoms. The number of ether oxygens (including phenoxy) is 1. The largest absolute Gasteiger partial charge is 0.380 e. The Morgan fingerprint density at radius 2 is 2.08 bits per heavy atom. The molecule has 0 saturated heterocycles. The van der Waals surface area contributed by atoms with E-state index >= 15 is 0 Å². The molecule has 1 heterocycles. The zero-order valence-corrected chi connectivity index (χ0v) is 18.6. The summed E-state index contributed by atoms with van der Waals surface area (Å²) in [6, 6.07) is 0. The quantitative estimate of drug-likeness (QED) is 0.239. The normalized spacial score (nSPS) is 11.3. The summed E-state index contributed by atoms with van der Waals surface area (Å²) in [7, 11) is 3.99. The third kappa shape index (κ3) is 10.3. The molecule has 0 bridgehead atoms. The van der Waals surface area contributed by atoms with E-state index in [0.29, 0.717) is 19.1 Å². The Balaban J connectivity index is 0.00000529. The lowest BCUT2D eigenvalue weighted by atomic mass is 10.1. The maximum atomic E-state index is 5.60. The van der Waals surface area contributed by atoms with Crippen LogP contribution in [0.4, 0.5) is 5.13 Å². The first-order chi connectivity index (χ1) is 11.0. The van der Waals surface area contributed by atoms with Gasteiger partial charge in [-0.1, -0.05) is 13.8 Å². The maximum absolute atomic E-state index is 5.60. The van der Waals surface area contributed by atoms with Crippen molar-refractivity contribution in [2.24, 2.45) is 10.9 Å². The molecule has 0 spiro atoms. The first kappa shape index (κ1) is 23.4. The zero-order chi connectivity index (χ0) is 17.1. The van der Waals surface area contributed by atoms with Crippen LogP contribution in [0, 0.1) is 5.92 Å². The Bertz CT molecular complexity index is 465. The lowest BCUT2D eigenvalue weighted by Gasteiger charge is -2.11. The Morgan fingerprint density at radius 3 is 2.67 bits per heavy atom. The molecule has 0 atom stereocenters. The molecule has 0 unspecified atom stereocenters. The summed E-state index contributed by atoms with van der Waals surface area (Å²) in [5.74, 6) is 1.49. The van der Waals surface area contributed by atoms with Crippen molar-refractivity contribution >= 4 is 46.4 Å². The first-order valence-corrected chi connectivity index (χ1v) is 9.12. The fraction of sp³-hybridized carbons (Fsp3) is 0.750. The summed E-state index contributed by atoms with van der Waals surface area (Å²) in [6.45, 7) is 10.1. The van der Waals surface area contributed by atoms with E-state index in [2.05, 4.69) is 46.8 Å². The SMILES string of the molecule is CCNC(=NCc1csc(N(C)C)n1)NCCOCCC(C)C.I. The summed E-state index contributed by atoms with van der Waals surface area (Å²) in [5, 5.41) is 9.59. The van der Waals surface area contributed by atoms with Crippen LogP contribution < -0.4 is 15.5 Å². The molecule has 0 radical (unpaired) electrons. The van der Waals surface area contributed by atoms with Crippen LogP contribution in [0.1, 0.15) is 32.9 Å². The van der Waals surface area contributed by atoms with Gasteiger partial charge in [0.05, 0.1) is 18.8 Å². The van der Waals surface area contributed by atoms with Crippen molar-refractivity contribution in [3.8, 4) is 0 Å². The fourth-order valence-corrected chi connectivity index (χ4v) is 2.49. The van der Waals surface area contributed by atoms with Gasteiger partial charge in [-0.2, -0.15) is 0 Å². The second kappa shape index (κ2) is 13.7. The van der Waals surface area contributed by atoms with Crippen LogP contribution in [0.5, 0.6) is 0 Å². The minimum Gasteiger partial charge on any atom is -0.380 e. The zero-order valence-electron chi connectivity index (χ0n) is 15.5. The maximum Gasteiger partial charge on any atom is 0.191 e. The van der Waals surface area contributed by atoms with E-state index in [9.17, 15) is 0 Å². The minimum absolute atomic E-state index is 0. The van der Waals surface area contributed by atoms with Crippen LogP contribution in [-0.2, 0) is 11.3 Å². The van der Waals surface area contributed by atoms with Gasteiger partial charge in [-0.15, -0.1) is 35.3 Å². The van der Waals surface area contributed by atoms with E-state index in [-0.39, 0.29) is 24.0 Å². The molecular weight excluding hydrogens is 437 g/mol. The number of guanidine groups is 1. The van der Waals surface area contributed by atoms with Crippen LogP contribution in [-0.4, -0.2) is 51.3 Å². The Labute approximate surface area is 167 Å². The predicted molar refractivity (Wildman–Crippen MR) is 115 cm³/mol. The summed E-state index contributed by atoms with van der Waals surface area (Å²) >= 11 is 1.64. The summed E-state index contributed by atoms with van der Waals surface area (Å²) in [6.07, 6.45) is 1.10. The van der Waals surface area contributed by atoms with Gasteiger partial charge in [-0.3, -0.25) is 0 Å². The molecule has 0 amide bonds. The minimum atomic E-state index is 0. The number of nitrogens with zero attached hydrogens (tertiary/aromatic N) is 3. The van der Waals surface area contributed by atoms with Crippen LogP contribution in [0.15, 0.2) is 10.4 Å². The van der Waals surface area contributed by atoms with E-state index in [1.807, 2.05) is 19.0 Å². The van der Waals surface area contributed by atoms with E-state index in [1.165, 1.54) is 0 Å². The van der Waals surface area contributed by atoms with Crippen molar-refractivity contribution in [1.29, 1.82) is 0 Å². The van der Waals surface area contributed by atoms with Crippen LogP contribution in [0.25, 0.3) is 0 Å². The van der Waals surface area contributed by atoms with Crippen LogP contribution >= 0.6 is 35.3 Å². The number of nitrogens with one attached hydrogen (secondary N) is 2. The number of hydrogen-bond donors (Lipinski definition) is 2. The Morgan fingerprint density at radius 1 is 1.33 bits per heavy atom. The standard InChI is InChI=1S/C16H31N5OS.HI/c1-6-17-15(18-8-10-22-9-7-13(2)3)19-11-14-12-23-16(20-14)21(4)5;/h12-13H,6-11H2,1-5H3,(H2,17,18,19);1H. The molecule has 2 N–H and O–H groups in total. The molecule has 0 saturated carbocycles. The summed E-state index contributed by atoms with van der Waals surface area (Å²) < 4.78 is 5.60. The molecule has 0 aliphatic carbocycles. The summed E-state index contributed by atoms with van der Waals surface area (Å²) in [5.41, 5.74) is 0.990. The lowest BCUT2D eigenvalue weighted by Crippen LogP contribution is -2.39. The van der Waals surface area contributed by atoms with Gasteiger partial charge in [0.1, 0.15) is 0 Å². The highest BCUT2D eigenvalue weighted by atomic mass is 127. The van der Waals surface area contributed by atoms with E-state index in [4.69, 9.17) is 4.74 Å². The monoisotopic (exact) mass is 469 g/mol. The number of thiazole rings is 1. The van der Waals surface area contributed by atoms with Gasteiger partial charge in [-0.05, 0) is 19.3 Å². The average molecular weight is 469 g/mol. The highest BCUT2D eigenvalue weighted by molar-refractivity contribution is 14.0. The lowest BCUT2D eigenvalue weighted by molar-refractivity contribution is 0.128. The summed E-state index contributed by atoms with van der Waals surface area (Å²) in [4.78, 5) is 11.1. The van der Waals surface area contributed by atoms with Crippen molar-refractivity contribution in [3.05, 3.63) is 11.1 Å². The topological polar surface area (TPSA) is 61.8 Å². The Kier molecular flexibility index (Phi) is 13.3. The number of anilines is 1. The van der Waals surface area contributed by atoms with E-state index in [0.717, 1.165) is 42.9 Å². The van der Waals surface area contributed by atoms with Gasteiger partial charge in [0, 0.05) is 39.2 Å². The predicted octanol–water partition coefficient (Wildman–Crippen LogP) is 2.94. The number of hydrogen-bond acceptors (Lipinski definition) is 5. The van der Waals surface area contributed by atoms with Gasteiger partial charge in [0.15, 0.2) is 11.1 Å². The van der Waals surface area contributed by atoms with Gasteiger partial charge >= 0.3 is 0 Å². The van der Waals surface area contributed by atoms with Crippen molar-refractivity contribution in [1.82, 2.24) is 15.6 Å². The average Bonchev–Trinajstić information content (AvgIpc) is 2.97. The number of aliphatic imine (C=N–C) groups is 1. The van der Waals surface area contributed by atoms with Crippen molar-refractivity contribution in [2.45, 2.75) is 33.7 Å². The molecule has 0 fully saturated rings. The molecule has 1 aromatic heterocycles. The Hall–Kier alpha value is -0.610. The first-order valence-electron chi connectivity index (χ1n) is 8.24. The number of halogens is 1. The van der Waals surface area contributed by atoms with Crippen molar-refractivity contribution in [2.75, 3.05) is 45.3 Å². The third-order valence-corrected chi connectivity index (χ3v) is 4.10. The van der Waals surface area contributed by atoms with Gasteiger partial charge in [0.2, 0.25) is 0 Å². The van der Waals surface area contributed by atoms with Gasteiger partial charge < -0.3 is 20.3 Å². The highest BCUT2D eigenvalue weighted by Gasteiger charge is 2.04. The molecule has 0 aliphatic rings. The molecule has 6 nitrogen and oxygen atoms in total. The molecule has 8 heteroatoms. The van der Waals surface area contributed by atoms with E-state index < -0.39 is 0 Å². The number of aromatic nitrogens is 1. The second-order valence-corrected chi connectivity index (χ2v) is 6.77. The molecular formula is C16H32IN5OS. The third-order valence-electron chi connectivity index (χ3n) is 3.04. The highest BCUT2D eigenvalue weighted by Crippen LogP contribution is 2.18. The number of rotatable bonds is 10. The van der Waals surface area contributed by atoms with Gasteiger partial charge in [0.25, 0.3) is 0 Å². The van der Waals surface area contributed by atoms with E-state index in [1.54, 1.807) is 11.3 Å². The smallest absolute Gasteiger partial charge is 0.191 e. The van der Waals surface area contributed by atoms with Crippen molar-refractivity contribution in [3.63, 3.8) is 0 Å². The van der Waals surface area contributed by atoms with Crippen LogP contribution in [0.3, 0.4) is 0 Å². The molecule has 0 aromatic carbocycles. The second-order valence-electron chi connectivity index (χ2n) is 5.93. The fourth-order valence-electron chi connectivity index (χ4n) is 1.74. The molecule has 1 aromatic rings. The molecule has 1 rings (SSSR count). The molecule has 140 valence electrons. The molecule has 0 aliphatic heterocycles. The van der Waals surface area contributed by atoms with Crippen LogP contribution in [0.2, 0.25) is 0 Å². The van der Waals surface area contributed by atoms with Crippen molar-refractivity contribution < 1.29 is 4.74 Å².